The van der Waals surface area contributed by atoms with Crippen LogP contribution in [0.4, 0.5) is 0 Å². The predicted molar refractivity (Wildman–Crippen MR) is 102 cm³/mol. The molecule has 146 valence electrons. The number of nitrogens with one attached hydrogen (secondary N) is 1. The Kier molecular flexibility index (Phi) is 7.76. The van der Waals surface area contributed by atoms with Gasteiger partial charge in [-0.3, -0.25) is 4.79 Å². The first-order valence-corrected chi connectivity index (χ1v) is 9.53. The van der Waals surface area contributed by atoms with Crippen LogP contribution in [0.3, 0.4) is 0 Å². The summed E-state index contributed by atoms with van der Waals surface area (Å²) in [6, 6.07) is 5.55. The number of carbonyl (C=O) groups excluding carboxylic acids is 1. The Bertz CT molecular complexity index is 587. The molecule has 2 rings (SSSR count). The molecule has 0 radical (unpaired) electrons. The van der Waals surface area contributed by atoms with Gasteiger partial charge in [-0.2, -0.15) is 0 Å². The molecule has 1 fully saturated rings. The first-order valence-electron chi connectivity index (χ1n) is 9.53. The number of rotatable bonds is 8. The minimum Gasteiger partial charge on any atom is -0.497 e. The van der Waals surface area contributed by atoms with Gasteiger partial charge in [-0.1, -0.05) is 27.2 Å². The molecule has 1 aromatic carbocycles. The van der Waals surface area contributed by atoms with Gasteiger partial charge in [0, 0.05) is 12.1 Å². The van der Waals surface area contributed by atoms with E-state index in [-0.39, 0.29) is 18.6 Å². The Morgan fingerprint density at radius 3 is 2.65 bits per heavy atom. The molecule has 1 amide bonds. The Morgan fingerprint density at radius 2 is 2.00 bits per heavy atom. The van der Waals surface area contributed by atoms with Crippen molar-refractivity contribution in [2.75, 3.05) is 20.8 Å². The van der Waals surface area contributed by atoms with Crippen LogP contribution in [-0.4, -0.2) is 32.8 Å². The molecule has 0 unspecified atom stereocenters. The van der Waals surface area contributed by atoms with Crippen LogP contribution in [0.15, 0.2) is 18.2 Å². The van der Waals surface area contributed by atoms with E-state index < -0.39 is 0 Å². The van der Waals surface area contributed by atoms with E-state index >= 15 is 0 Å². The zero-order valence-corrected chi connectivity index (χ0v) is 16.7. The molecule has 0 saturated heterocycles. The number of methoxy groups -OCH3 is 2. The van der Waals surface area contributed by atoms with E-state index in [2.05, 4.69) is 26.1 Å². The zero-order valence-electron chi connectivity index (χ0n) is 16.7. The SMILES string of the molecule is COc1ccc(OC)c(CNC(=O)CO[C@@H]2C[C@H](C)CC[C@@H]2C(C)C)c1. The summed E-state index contributed by atoms with van der Waals surface area (Å²) in [6.45, 7) is 7.24. The molecule has 1 aliphatic carbocycles. The summed E-state index contributed by atoms with van der Waals surface area (Å²) >= 11 is 0. The monoisotopic (exact) mass is 363 g/mol. The highest BCUT2D eigenvalue weighted by atomic mass is 16.5. The van der Waals surface area contributed by atoms with E-state index in [4.69, 9.17) is 14.2 Å². The molecule has 0 aliphatic heterocycles. The van der Waals surface area contributed by atoms with E-state index in [1.807, 2.05) is 18.2 Å². The highest BCUT2D eigenvalue weighted by molar-refractivity contribution is 5.77. The third-order valence-electron chi connectivity index (χ3n) is 5.35. The summed E-state index contributed by atoms with van der Waals surface area (Å²) < 4.78 is 16.6. The average Bonchev–Trinajstić information content (AvgIpc) is 2.64. The van der Waals surface area contributed by atoms with Crippen LogP contribution in [0.1, 0.15) is 45.6 Å². The summed E-state index contributed by atoms with van der Waals surface area (Å²) in [4.78, 5) is 12.3. The fraction of sp³-hybridized carbons (Fsp3) is 0.667. The van der Waals surface area contributed by atoms with Gasteiger partial charge in [0.1, 0.15) is 18.1 Å². The van der Waals surface area contributed by atoms with Crippen LogP contribution in [0, 0.1) is 17.8 Å². The lowest BCUT2D eigenvalue weighted by Gasteiger charge is -2.37. The Hall–Kier alpha value is -1.75. The Balaban J connectivity index is 1.87. The minimum atomic E-state index is -0.101. The first kappa shape index (κ1) is 20.6. The van der Waals surface area contributed by atoms with Gasteiger partial charge in [0.05, 0.1) is 20.3 Å². The van der Waals surface area contributed by atoms with E-state index in [0.717, 1.165) is 23.5 Å². The maximum absolute atomic E-state index is 12.3. The van der Waals surface area contributed by atoms with Gasteiger partial charge in [-0.15, -0.1) is 0 Å². The van der Waals surface area contributed by atoms with Crippen molar-refractivity contribution < 1.29 is 19.0 Å². The second-order valence-corrected chi connectivity index (χ2v) is 7.63. The van der Waals surface area contributed by atoms with Gasteiger partial charge in [0.15, 0.2) is 0 Å². The Labute approximate surface area is 157 Å². The quantitative estimate of drug-likeness (QED) is 0.763. The van der Waals surface area contributed by atoms with Crippen LogP contribution >= 0.6 is 0 Å². The maximum atomic E-state index is 12.3. The number of carbonyl (C=O) groups is 1. The van der Waals surface area contributed by atoms with E-state index in [0.29, 0.717) is 24.3 Å². The van der Waals surface area contributed by atoms with Gasteiger partial charge in [-0.05, 0) is 48.8 Å². The van der Waals surface area contributed by atoms with Crippen molar-refractivity contribution in [3.63, 3.8) is 0 Å². The first-order chi connectivity index (χ1) is 12.4. The summed E-state index contributed by atoms with van der Waals surface area (Å²) in [5, 5.41) is 2.92. The molecule has 0 bridgehead atoms. The van der Waals surface area contributed by atoms with Gasteiger partial charge >= 0.3 is 0 Å². The molecule has 0 spiro atoms. The molecule has 1 N–H and O–H groups in total. The van der Waals surface area contributed by atoms with E-state index in [1.54, 1.807) is 14.2 Å². The van der Waals surface area contributed by atoms with Crippen molar-refractivity contribution in [1.29, 1.82) is 0 Å². The van der Waals surface area contributed by atoms with Crippen LogP contribution in [-0.2, 0) is 16.1 Å². The van der Waals surface area contributed by atoms with Crippen LogP contribution in [0.2, 0.25) is 0 Å². The molecule has 5 nitrogen and oxygen atoms in total. The molecule has 0 aromatic heterocycles. The lowest BCUT2D eigenvalue weighted by Crippen LogP contribution is -2.37. The van der Waals surface area contributed by atoms with Crippen LogP contribution in [0.25, 0.3) is 0 Å². The molecule has 1 aliphatic rings. The normalized spacial score (nSPS) is 22.9. The molecule has 3 atom stereocenters. The Morgan fingerprint density at radius 1 is 1.23 bits per heavy atom. The molecule has 1 aromatic rings. The van der Waals surface area contributed by atoms with Crippen molar-refractivity contribution in [1.82, 2.24) is 5.32 Å². The standard InChI is InChI=1S/C21H33NO4/c1-14(2)18-8-6-15(3)10-20(18)26-13-21(23)22-12-16-11-17(24-4)7-9-19(16)25-5/h7,9,11,14-15,18,20H,6,8,10,12-13H2,1-5H3,(H,22,23)/t15-,18-,20-/m1/s1. The third kappa shape index (κ3) is 5.63. The lowest BCUT2D eigenvalue weighted by molar-refractivity contribution is -0.131. The summed E-state index contributed by atoms with van der Waals surface area (Å²) in [5.41, 5.74) is 0.881. The number of hydrogen-bond acceptors (Lipinski definition) is 4. The molecule has 5 heteroatoms. The van der Waals surface area contributed by atoms with E-state index in [1.165, 1.54) is 12.8 Å². The van der Waals surface area contributed by atoms with E-state index in [9.17, 15) is 4.79 Å². The van der Waals surface area contributed by atoms with Gasteiger partial charge in [0.2, 0.25) is 5.91 Å². The molecule has 26 heavy (non-hydrogen) atoms. The second kappa shape index (κ2) is 9.81. The topological polar surface area (TPSA) is 56.8 Å². The number of amides is 1. The van der Waals surface area contributed by atoms with Crippen molar-refractivity contribution in [2.45, 2.75) is 52.7 Å². The lowest BCUT2D eigenvalue weighted by atomic mass is 9.75. The fourth-order valence-electron chi connectivity index (χ4n) is 3.75. The highest BCUT2D eigenvalue weighted by Gasteiger charge is 2.31. The molecular weight excluding hydrogens is 330 g/mol. The molecule has 0 heterocycles. The summed E-state index contributed by atoms with van der Waals surface area (Å²) in [5.74, 6) is 3.15. The highest BCUT2D eigenvalue weighted by Crippen LogP contribution is 2.35. The zero-order chi connectivity index (χ0) is 19.1. The minimum absolute atomic E-state index is 0.101. The number of ether oxygens (including phenoxy) is 3. The van der Waals surface area contributed by atoms with Gasteiger partial charge in [-0.25, -0.2) is 0 Å². The summed E-state index contributed by atoms with van der Waals surface area (Å²) in [7, 11) is 3.24. The number of hydrogen-bond donors (Lipinski definition) is 1. The average molecular weight is 363 g/mol. The van der Waals surface area contributed by atoms with Crippen molar-refractivity contribution in [3.8, 4) is 11.5 Å². The predicted octanol–water partition coefficient (Wildman–Crippen LogP) is 3.80. The largest absolute Gasteiger partial charge is 0.497 e. The smallest absolute Gasteiger partial charge is 0.246 e. The van der Waals surface area contributed by atoms with Crippen molar-refractivity contribution >= 4 is 5.91 Å². The van der Waals surface area contributed by atoms with Crippen LogP contribution in [0.5, 0.6) is 11.5 Å². The van der Waals surface area contributed by atoms with Gasteiger partial charge < -0.3 is 19.5 Å². The maximum Gasteiger partial charge on any atom is 0.246 e. The van der Waals surface area contributed by atoms with Crippen molar-refractivity contribution in [2.24, 2.45) is 17.8 Å². The molecular formula is C21H33NO4. The number of benzene rings is 1. The van der Waals surface area contributed by atoms with Crippen molar-refractivity contribution in [3.05, 3.63) is 23.8 Å². The molecule has 1 saturated carbocycles. The summed E-state index contributed by atoms with van der Waals surface area (Å²) in [6.07, 6.45) is 3.66. The third-order valence-corrected chi connectivity index (χ3v) is 5.35. The second-order valence-electron chi connectivity index (χ2n) is 7.63. The van der Waals surface area contributed by atoms with Gasteiger partial charge in [0.25, 0.3) is 0 Å². The fourth-order valence-corrected chi connectivity index (χ4v) is 3.75. The van der Waals surface area contributed by atoms with Crippen LogP contribution < -0.4 is 14.8 Å².